The van der Waals surface area contributed by atoms with Crippen molar-refractivity contribution in [1.29, 1.82) is 0 Å². The highest BCUT2D eigenvalue weighted by Gasteiger charge is 2.05. The predicted octanol–water partition coefficient (Wildman–Crippen LogP) is 5.03. The number of hydrogen-bond acceptors (Lipinski definition) is 1. The van der Waals surface area contributed by atoms with Gasteiger partial charge in [-0.2, -0.15) is 0 Å². The molecule has 1 N–H and O–H groups in total. The molecule has 0 saturated carbocycles. The molecule has 0 bridgehead atoms. The molecule has 0 aromatic heterocycles. The van der Waals surface area contributed by atoms with Crippen LogP contribution in [0.3, 0.4) is 0 Å². The van der Waals surface area contributed by atoms with Gasteiger partial charge < -0.3 is 5.32 Å². The summed E-state index contributed by atoms with van der Waals surface area (Å²) in [6, 6.07) is 11.4. The molecule has 0 heterocycles. The second-order valence-corrected chi connectivity index (χ2v) is 5.27. The first-order chi connectivity index (χ1) is 8.60. The Labute approximate surface area is 122 Å². The molecule has 1 nitrogen and oxygen atoms in total. The summed E-state index contributed by atoms with van der Waals surface area (Å²) in [4.78, 5) is 0. The summed E-state index contributed by atoms with van der Waals surface area (Å²) in [6.07, 6.45) is 0. The van der Waals surface area contributed by atoms with E-state index in [2.05, 4.69) is 5.32 Å². The van der Waals surface area contributed by atoms with Gasteiger partial charge in [-0.15, -0.1) is 0 Å². The van der Waals surface area contributed by atoms with Gasteiger partial charge >= 0.3 is 0 Å². The third-order valence-corrected chi connectivity index (χ3v) is 3.41. The molecular formula is C14H12Cl3N. The van der Waals surface area contributed by atoms with Crippen LogP contribution in [0.15, 0.2) is 36.4 Å². The van der Waals surface area contributed by atoms with Crippen molar-refractivity contribution in [2.75, 3.05) is 7.05 Å². The minimum absolute atomic E-state index is 0.627. The standard InChI is InChI=1S/C14H12Cl3N/c1-18-8-11-4-9(2-3-14(11)17)10-5-12(15)7-13(16)6-10/h2-7,18H,8H2,1H3. The Balaban J connectivity index is 2.47. The molecule has 0 radical (unpaired) electrons. The molecular weight excluding hydrogens is 289 g/mol. The zero-order valence-electron chi connectivity index (χ0n) is 9.81. The lowest BCUT2D eigenvalue weighted by Crippen LogP contribution is -2.05. The van der Waals surface area contributed by atoms with Crippen molar-refractivity contribution >= 4 is 34.8 Å². The Kier molecular flexibility index (Phi) is 4.52. The van der Waals surface area contributed by atoms with Crippen molar-refractivity contribution in [2.24, 2.45) is 0 Å². The summed E-state index contributed by atoms with van der Waals surface area (Å²) in [6.45, 7) is 0.723. The van der Waals surface area contributed by atoms with Crippen molar-refractivity contribution in [3.63, 3.8) is 0 Å². The molecule has 2 rings (SSSR count). The lowest BCUT2D eigenvalue weighted by molar-refractivity contribution is 0.818. The smallest absolute Gasteiger partial charge is 0.0451 e. The number of benzene rings is 2. The molecule has 0 aliphatic carbocycles. The fourth-order valence-electron chi connectivity index (χ4n) is 1.80. The van der Waals surface area contributed by atoms with Crippen LogP contribution in [0.5, 0.6) is 0 Å². The molecule has 0 fully saturated rings. The Morgan fingerprint density at radius 1 is 0.889 bits per heavy atom. The number of rotatable bonds is 3. The van der Waals surface area contributed by atoms with Gasteiger partial charge in [0, 0.05) is 21.6 Å². The third kappa shape index (κ3) is 3.18. The maximum atomic E-state index is 6.13. The van der Waals surface area contributed by atoms with Crippen LogP contribution in [0.4, 0.5) is 0 Å². The van der Waals surface area contributed by atoms with E-state index >= 15 is 0 Å². The van der Waals surface area contributed by atoms with Gasteiger partial charge in [-0.1, -0.05) is 40.9 Å². The van der Waals surface area contributed by atoms with Crippen LogP contribution in [0.1, 0.15) is 5.56 Å². The molecule has 0 aliphatic rings. The zero-order chi connectivity index (χ0) is 13.1. The van der Waals surface area contributed by atoms with E-state index in [1.54, 1.807) is 6.07 Å². The van der Waals surface area contributed by atoms with Gasteiger partial charge in [0.2, 0.25) is 0 Å². The summed E-state index contributed by atoms with van der Waals surface area (Å²) in [5.41, 5.74) is 3.09. The summed E-state index contributed by atoms with van der Waals surface area (Å²) in [5, 5.41) is 5.10. The Hall–Kier alpha value is -0.730. The van der Waals surface area contributed by atoms with Crippen LogP contribution in [-0.2, 0) is 6.54 Å². The van der Waals surface area contributed by atoms with Crippen LogP contribution >= 0.6 is 34.8 Å². The number of hydrogen-bond donors (Lipinski definition) is 1. The topological polar surface area (TPSA) is 12.0 Å². The molecule has 0 spiro atoms. The van der Waals surface area contributed by atoms with Gasteiger partial charge in [0.25, 0.3) is 0 Å². The number of halogens is 3. The molecule has 4 heteroatoms. The zero-order valence-corrected chi connectivity index (χ0v) is 12.1. The average Bonchev–Trinajstić information content (AvgIpc) is 2.31. The van der Waals surface area contributed by atoms with Crippen LogP contribution < -0.4 is 5.32 Å². The monoisotopic (exact) mass is 299 g/mol. The van der Waals surface area contributed by atoms with E-state index in [4.69, 9.17) is 34.8 Å². The maximum absolute atomic E-state index is 6.13. The van der Waals surface area contributed by atoms with Crippen molar-refractivity contribution in [1.82, 2.24) is 5.32 Å². The fourth-order valence-corrected chi connectivity index (χ4v) is 2.51. The quantitative estimate of drug-likeness (QED) is 0.838. The third-order valence-electron chi connectivity index (χ3n) is 2.61. The highest BCUT2D eigenvalue weighted by Crippen LogP contribution is 2.29. The first-order valence-electron chi connectivity index (χ1n) is 5.49. The van der Waals surface area contributed by atoms with E-state index in [1.807, 2.05) is 37.4 Å². The lowest BCUT2D eigenvalue weighted by atomic mass is 10.0. The van der Waals surface area contributed by atoms with E-state index in [1.165, 1.54) is 0 Å². The van der Waals surface area contributed by atoms with Crippen LogP contribution in [0.2, 0.25) is 15.1 Å². The minimum Gasteiger partial charge on any atom is -0.316 e. The average molecular weight is 301 g/mol. The highest BCUT2D eigenvalue weighted by molar-refractivity contribution is 6.35. The minimum atomic E-state index is 0.627. The SMILES string of the molecule is CNCc1cc(-c2cc(Cl)cc(Cl)c2)ccc1Cl. The maximum Gasteiger partial charge on any atom is 0.0451 e. The Morgan fingerprint density at radius 2 is 1.56 bits per heavy atom. The van der Waals surface area contributed by atoms with Gasteiger partial charge in [0.1, 0.15) is 0 Å². The molecule has 94 valence electrons. The summed E-state index contributed by atoms with van der Waals surface area (Å²) in [5.74, 6) is 0. The van der Waals surface area contributed by atoms with Crippen molar-refractivity contribution in [2.45, 2.75) is 6.54 Å². The van der Waals surface area contributed by atoms with E-state index in [9.17, 15) is 0 Å². The largest absolute Gasteiger partial charge is 0.316 e. The molecule has 0 aliphatic heterocycles. The van der Waals surface area contributed by atoms with Crippen LogP contribution in [-0.4, -0.2) is 7.05 Å². The molecule has 2 aromatic carbocycles. The first kappa shape index (κ1) is 13.7. The fraction of sp³-hybridized carbons (Fsp3) is 0.143. The van der Waals surface area contributed by atoms with E-state index < -0.39 is 0 Å². The molecule has 0 unspecified atom stereocenters. The van der Waals surface area contributed by atoms with Crippen molar-refractivity contribution < 1.29 is 0 Å². The second-order valence-electron chi connectivity index (χ2n) is 3.99. The summed E-state index contributed by atoms with van der Waals surface area (Å²) < 4.78 is 0. The molecule has 0 saturated heterocycles. The van der Waals surface area contributed by atoms with E-state index in [0.29, 0.717) is 10.0 Å². The molecule has 0 amide bonds. The van der Waals surface area contributed by atoms with Crippen LogP contribution in [0, 0.1) is 0 Å². The summed E-state index contributed by atoms with van der Waals surface area (Å²) in [7, 11) is 1.89. The lowest BCUT2D eigenvalue weighted by Gasteiger charge is -2.08. The van der Waals surface area contributed by atoms with E-state index in [-0.39, 0.29) is 0 Å². The molecule has 2 aromatic rings. The van der Waals surface area contributed by atoms with Gasteiger partial charge in [-0.05, 0) is 54.1 Å². The van der Waals surface area contributed by atoms with Gasteiger partial charge in [0.05, 0.1) is 0 Å². The van der Waals surface area contributed by atoms with Gasteiger partial charge in [-0.3, -0.25) is 0 Å². The molecule has 0 atom stereocenters. The van der Waals surface area contributed by atoms with Gasteiger partial charge in [-0.25, -0.2) is 0 Å². The normalized spacial score (nSPS) is 10.7. The summed E-state index contributed by atoms with van der Waals surface area (Å²) >= 11 is 18.2. The molecule has 18 heavy (non-hydrogen) atoms. The Morgan fingerprint density at radius 3 is 2.17 bits per heavy atom. The van der Waals surface area contributed by atoms with Crippen LogP contribution in [0.25, 0.3) is 11.1 Å². The van der Waals surface area contributed by atoms with Gasteiger partial charge in [0.15, 0.2) is 0 Å². The second kappa shape index (κ2) is 5.94. The highest BCUT2D eigenvalue weighted by atomic mass is 35.5. The predicted molar refractivity (Wildman–Crippen MR) is 79.7 cm³/mol. The van der Waals surface area contributed by atoms with E-state index in [0.717, 1.165) is 28.3 Å². The Bertz CT molecular complexity index is 547. The number of nitrogens with one attached hydrogen (secondary N) is 1. The van der Waals surface area contributed by atoms with Crippen molar-refractivity contribution in [3.8, 4) is 11.1 Å². The first-order valence-corrected chi connectivity index (χ1v) is 6.63. The van der Waals surface area contributed by atoms with Crippen molar-refractivity contribution in [3.05, 3.63) is 57.0 Å².